The normalized spacial score (nSPS) is 10.8. The van der Waals surface area contributed by atoms with E-state index >= 15 is 0 Å². The molecule has 0 radical (unpaired) electrons. The number of aromatic hydroxyl groups is 1. The summed E-state index contributed by atoms with van der Waals surface area (Å²) in [6, 6.07) is 15.1. The van der Waals surface area contributed by atoms with E-state index in [2.05, 4.69) is 19.1 Å². The fourth-order valence-electron chi connectivity index (χ4n) is 2.71. The number of primary amides is 1. The Hall–Kier alpha value is -2.66. The van der Waals surface area contributed by atoms with Crippen molar-refractivity contribution in [2.24, 2.45) is 5.73 Å². The van der Waals surface area contributed by atoms with Gasteiger partial charge in [-0.1, -0.05) is 49.7 Å². The number of benzene rings is 2. The highest BCUT2D eigenvalue weighted by atomic mass is 32.1. The lowest BCUT2D eigenvalue weighted by Crippen LogP contribution is -2.11. The van der Waals surface area contributed by atoms with Crippen molar-refractivity contribution in [3.8, 4) is 26.8 Å². The molecule has 0 aliphatic heterocycles. The minimum absolute atomic E-state index is 0.106. The highest BCUT2D eigenvalue weighted by Gasteiger charge is 2.19. The number of para-hydroxylation sites is 1. The van der Waals surface area contributed by atoms with Gasteiger partial charge < -0.3 is 10.8 Å². The van der Waals surface area contributed by atoms with E-state index in [1.54, 1.807) is 12.1 Å². The molecule has 0 unspecified atom stereocenters. The summed E-state index contributed by atoms with van der Waals surface area (Å²) in [4.78, 5) is 17.4. The maximum Gasteiger partial charge on any atom is 0.252 e. The zero-order valence-electron chi connectivity index (χ0n) is 14.0. The first-order valence-electron chi connectivity index (χ1n) is 8.29. The first kappa shape index (κ1) is 17.2. The molecule has 1 heterocycles. The standard InChI is InChI=1S/C20H20N2O2S/c1-2-3-12-16-18(13-8-5-4-6-9-13)25-20(22-16)15-11-7-10-14(17(15)23)19(21)24/h4-11,23H,2-3,12H2,1H3,(H2,21,24). The molecule has 3 N–H and O–H groups in total. The van der Waals surface area contributed by atoms with Gasteiger partial charge >= 0.3 is 0 Å². The van der Waals surface area contributed by atoms with Gasteiger partial charge in [0.05, 0.1) is 21.7 Å². The molecule has 0 spiro atoms. The number of rotatable bonds is 6. The van der Waals surface area contributed by atoms with Crippen LogP contribution in [-0.4, -0.2) is 16.0 Å². The molecule has 4 nitrogen and oxygen atoms in total. The molecule has 5 heteroatoms. The van der Waals surface area contributed by atoms with Gasteiger partial charge in [0.2, 0.25) is 0 Å². The third kappa shape index (κ3) is 3.56. The minimum atomic E-state index is -0.648. The van der Waals surface area contributed by atoms with Crippen molar-refractivity contribution >= 4 is 17.2 Å². The fraction of sp³-hybridized carbons (Fsp3) is 0.200. The van der Waals surface area contributed by atoms with Crippen molar-refractivity contribution in [2.75, 3.05) is 0 Å². The second kappa shape index (κ2) is 7.49. The van der Waals surface area contributed by atoms with E-state index in [-0.39, 0.29) is 11.3 Å². The number of unbranched alkanes of at least 4 members (excludes halogenated alkanes) is 1. The van der Waals surface area contributed by atoms with Crippen molar-refractivity contribution in [1.82, 2.24) is 4.98 Å². The Morgan fingerprint density at radius 3 is 2.60 bits per heavy atom. The highest BCUT2D eigenvalue weighted by Crippen LogP contribution is 2.40. The van der Waals surface area contributed by atoms with Gasteiger partial charge in [-0.05, 0) is 30.5 Å². The number of aryl methyl sites for hydroxylation is 1. The zero-order valence-corrected chi connectivity index (χ0v) is 14.8. The van der Waals surface area contributed by atoms with Crippen LogP contribution in [0.5, 0.6) is 5.75 Å². The van der Waals surface area contributed by atoms with Crippen molar-refractivity contribution in [3.63, 3.8) is 0 Å². The molecule has 25 heavy (non-hydrogen) atoms. The van der Waals surface area contributed by atoms with Gasteiger partial charge in [0.1, 0.15) is 10.8 Å². The number of thiazole rings is 1. The average Bonchev–Trinajstić information content (AvgIpc) is 3.04. The number of phenols is 1. The molecule has 1 aromatic heterocycles. The van der Waals surface area contributed by atoms with Crippen LogP contribution in [0.15, 0.2) is 48.5 Å². The molecule has 0 aliphatic rings. The highest BCUT2D eigenvalue weighted by molar-refractivity contribution is 7.18. The molecule has 2 aromatic carbocycles. The van der Waals surface area contributed by atoms with E-state index in [1.807, 2.05) is 18.2 Å². The van der Waals surface area contributed by atoms with Gasteiger partial charge in [0, 0.05) is 0 Å². The summed E-state index contributed by atoms with van der Waals surface area (Å²) in [6.07, 6.45) is 3.02. The molecule has 128 valence electrons. The number of amides is 1. The summed E-state index contributed by atoms with van der Waals surface area (Å²) in [5.74, 6) is -0.754. The number of nitrogens with zero attached hydrogens (tertiary/aromatic N) is 1. The second-order valence-electron chi connectivity index (χ2n) is 5.83. The molecule has 1 amide bonds. The smallest absolute Gasteiger partial charge is 0.252 e. The number of carbonyl (C=O) groups excluding carboxylic acids is 1. The maximum atomic E-state index is 11.5. The summed E-state index contributed by atoms with van der Waals surface area (Å²) in [5, 5.41) is 11.1. The minimum Gasteiger partial charge on any atom is -0.506 e. The Morgan fingerprint density at radius 1 is 1.16 bits per heavy atom. The molecule has 0 fully saturated rings. The molecular weight excluding hydrogens is 332 g/mol. The third-order valence-electron chi connectivity index (χ3n) is 4.03. The number of carbonyl (C=O) groups is 1. The lowest BCUT2D eigenvalue weighted by Gasteiger charge is -2.04. The Morgan fingerprint density at radius 2 is 1.92 bits per heavy atom. The number of hydrogen-bond acceptors (Lipinski definition) is 4. The predicted molar refractivity (Wildman–Crippen MR) is 102 cm³/mol. The summed E-state index contributed by atoms with van der Waals surface area (Å²) in [5.41, 5.74) is 8.13. The molecule has 3 aromatic rings. The lowest BCUT2D eigenvalue weighted by molar-refractivity contribution is 0.0998. The molecule has 3 rings (SSSR count). The molecule has 0 saturated heterocycles. The van der Waals surface area contributed by atoms with Crippen LogP contribution in [-0.2, 0) is 6.42 Å². The average molecular weight is 352 g/mol. The van der Waals surface area contributed by atoms with Crippen LogP contribution in [0.4, 0.5) is 0 Å². The van der Waals surface area contributed by atoms with E-state index in [1.165, 1.54) is 17.4 Å². The molecule has 0 bridgehead atoms. The van der Waals surface area contributed by atoms with Crippen LogP contribution in [0, 0.1) is 0 Å². The van der Waals surface area contributed by atoms with Crippen LogP contribution in [0.1, 0.15) is 35.8 Å². The summed E-state index contributed by atoms with van der Waals surface area (Å²) in [7, 11) is 0. The van der Waals surface area contributed by atoms with E-state index < -0.39 is 5.91 Å². The van der Waals surface area contributed by atoms with Crippen molar-refractivity contribution in [2.45, 2.75) is 26.2 Å². The first-order chi connectivity index (χ1) is 12.1. The van der Waals surface area contributed by atoms with Gasteiger partial charge in [-0.25, -0.2) is 4.98 Å². The number of hydrogen-bond donors (Lipinski definition) is 2. The third-order valence-corrected chi connectivity index (χ3v) is 5.21. The molecule has 0 aliphatic carbocycles. The van der Waals surface area contributed by atoms with Crippen molar-refractivity contribution in [1.29, 1.82) is 0 Å². The quantitative estimate of drug-likeness (QED) is 0.679. The van der Waals surface area contributed by atoms with Crippen LogP contribution in [0.25, 0.3) is 21.0 Å². The van der Waals surface area contributed by atoms with E-state index in [0.29, 0.717) is 10.6 Å². The largest absolute Gasteiger partial charge is 0.506 e. The molecular formula is C20H20N2O2S. The van der Waals surface area contributed by atoms with E-state index in [9.17, 15) is 9.90 Å². The molecule has 0 atom stereocenters. The van der Waals surface area contributed by atoms with Crippen molar-refractivity contribution in [3.05, 3.63) is 59.8 Å². The van der Waals surface area contributed by atoms with E-state index in [0.717, 1.165) is 35.4 Å². The number of nitrogens with two attached hydrogens (primary N) is 1. The molecule has 0 saturated carbocycles. The Kier molecular flexibility index (Phi) is 5.14. The topological polar surface area (TPSA) is 76.2 Å². The number of aromatic nitrogens is 1. The monoisotopic (exact) mass is 352 g/mol. The van der Waals surface area contributed by atoms with Crippen LogP contribution < -0.4 is 5.73 Å². The van der Waals surface area contributed by atoms with Crippen LogP contribution >= 0.6 is 11.3 Å². The van der Waals surface area contributed by atoms with Gasteiger partial charge in [-0.3, -0.25) is 4.79 Å². The predicted octanol–water partition coefficient (Wildman–Crippen LogP) is 4.62. The maximum absolute atomic E-state index is 11.5. The van der Waals surface area contributed by atoms with Crippen LogP contribution in [0.3, 0.4) is 0 Å². The van der Waals surface area contributed by atoms with Crippen LogP contribution in [0.2, 0.25) is 0 Å². The Bertz CT molecular complexity index is 888. The SMILES string of the molecule is CCCCc1nc(-c2cccc(C(N)=O)c2O)sc1-c1ccccc1. The lowest BCUT2D eigenvalue weighted by atomic mass is 10.1. The summed E-state index contributed by atoms with van der Waals surface area (Å²) in [6.45, 7) is 2.15. The second-order valence-corrected chi connectivity index (χ2v) is 6.83. The van der Waals surface area contributed by atoms with Crippen molar-refractivity contribution < 1.29 is 9.90 Å². The summed E-state index contributed by atoms with van der Waals surface area (Å²) < 4.78 is 0. The van der Waals surface area contributed by atoms with Gasteiger partial charge in [0.25, 0.3) is 5.91 Å². The van der Waals surface area contributed by atoms with Gasteiger partial charge in [-0.15, -0.1) is 11.3 Å². The summed E-state index contributed by atoms with van der Waals surface area (Å²) >= 11 is 1.53. The first-order valence-corrected chi connectivity index (χ1v) is 9.10. The Labute approximate surface area is 151 Å². The van der Waals surface area contributed by atoms with E-state index in [4.69, 9.17) is 10.7 Å². The zero-order chi connectivity index (χ0) is 17.8. The Balaban J connectivity index is 2.11. The van der Waals surface area contributed by atoms with Gasteiger partial charge in [-0.2, -0.15) is 0 Å². The fourth-order valence-corrected chi connectivity index (χ4v) is 3.85. The van der Waals surface area contributed by atoms with Gasteiger partial charge in [0.15, 0.2) is 0 Å².